The standard InChI is InChI=1S/C7H7BFNO4S/c1-15-7-5(10(13)14)3-2-4(9)6(7)8(11)12/h2-3,11-12H,1H3. The highest BCUT2D eigenvalue weighted by atomic mass is 32.2. The zero-order valence-corrected chi connectivity index (χ0v) is 8.49. The van der Waals surface area contributed by atoms with E-state index < -0.39 is 23.3 Å². The van der Waals surface area contributed by atoms with Gasteiger partial charge < -0.3 is 10.0 Å². The summed E-state index contributed by atoms with van der Waals surface area (Å²) in [4.78, 5) is 9.80. The molecule has 0 aliphatic rings. The van der Waals surface area contributed by atoms with E-state index in [-0.39, 0.29) is 10.6 Å². The molecular weight excluding hydrogens is 224 g/mol. The Morgan fingerprint density at radius 2 is 2.13 bits per heavy atom. The molecule has 0 aliphatic heterocycles. The Bertz CT molecular complexity index is 401. The molecule has 1 rings (SSSR count). The van der Waals surface area contributed by atoms with Crippen molar-refractivity contribution in [1.29, 1.82) is 0 Å². The molecule has 0 atom stereocenters. The van der Waals surface area contributed by atoms with Gasteiger partial charge in [-0.15, -0.1) is 11.8 Å². The van der Waals surface area contributed by atoms with Crippen LogP contribution in [0, 0.1) is 15.9 Å². The van der Waals surface area contributed by atoms with Crippen LogP contribution >= 0.6 is 11.8 Å². The van der Waals surface area contributed by atoms with Gasteiger partial charge in [0.15, 0.2) is 0 Å². The van der Waals surface area contributed by atoms with Crippen molar-refractivity contribution >= 4 is 30.0 Å². The van der Waals surface area contributed by atoms with E-state index in [1.54, 1.807) is 0 Å². The maximum Gasteiger partial charge on any atom is 0.492 e. The summed E-state index contributed by atoms with van der Waals surface area (Å²) in [6.45, 7) is 0. The third-order valence-corrected chi connectivity index (χ3v) is 2.62. The highest BCUT2D eigenvalue weighted by Gasteiger charge is 2.27. The fourth-order valence-electron chi connectivity index (χ4n) is 1.16. The lowest BCUT2D eigenvalue weighted by atomic mass is 9.79. The minimum absolute atomic E-state index is 0.0741. The second-order valence-corrected chi connectivity index (χ2v) is 3.46. The summed E-state index contributed by atoms with van der Waals surface area (Å²) in [5.74, 6) is -0.875. The van der Waals surface area contributed by atoms with Crippen molar-refractivity contribution in [2.75, 3.05) is 6.26 Å². The molecule has 1 aromatic carbocycles. The Balaban J connectivity index is 3.47. The number of thioether (sulfide) groups is 1. The molecule has 80 valence electrons. The predicted octanol–water partition coefficient (Wildman–Crippen LogP) is 0.136. The lowest BCUT2D eigenvalue weighted by Crippen LogP contribution is -2.34. The monoisotopic (exact) mass is 231 g/mol. The van der Waals surface area contributed by atoms with Gasteiger partial charge in [0.05, 0.1) is 9.82 Å². The number of hydrogen-bond donors (Lipinski definition) is 2. The van der Waals surface area contributed by atoms with Crippen LogP contribution in [-0.4, -0.2) is 28.3 Å². The van der Waals surface area contributed by atoms with Crippen molar-refractivity contribution in [3.8, 4) is 0 Å². The topological polar surface area (TPSA) is 83.6 Å². The number of nitrogens with zero attached hydrogens (tertiary/aromatic N) is 1. The van der Waals surface area contributed by atoms with E-state index in [0.29, 0.717) is 0 Å². The van der Waals surface area contributed by atoms with Gasteiger partial charge >= 0.3 is 7.12 Å². The molecular formula is C7H7BFNO4S. The van der Waals surface area contributed by atoms with Crippen LogP contribution in [0.5, 0.6) is 0 Å². The first kappa shape index (κ1) is 12.0. The lowest BCUT2D eigenvalue weighted by molar-refractivity contribution is -0.387. The molecule has 0 fully saturated rings. The van der Waals surface area contributed by atoms with Crippen molar-refractivity contribution < 1.29 is 19.4 Å². The van der Waals surface area contributed by atoms with Crippen molar-refractivity contribution in [3.63, 3.8) is 0 Å². The average Bonchev–Trinajstić information content (AvgIpc) is 2.15. The predicted molar refractivity (Wildman–Crippen MR) is 54.7 cm³/mol. The Morgan fingerprint density at radius 1 is 1.53 bits per heavy atom. The summed E-state index contributed by atoms with van der Waals surface area (Å²) < 4.78 is 13.2. The highest BCUT2D eigenvalue weighted by Crippen LogP contribution is 2.26. The molecule has 15 heavy (non-hydrogen) atoms. The summed E-state index contributed by atoms with van der Waals surface area (Å²) >= 11 is 0.891. The molecule has 0 amide bonds. The van der Waals surface area contributed by atoms with Crippen LogP contribution in [-0.2, 0) is 0 Å². The molecule has 0 aromatic heterocycles. The van der Waals surface area contributed by atoms with Crippen LogP contribution in [0.25, 0.3) is 0 Å². The molecule has 0 heterocycles. The Labute approximate surface area is 89.2 Å². The first-order chi connectivity index (χ1) is 6.99. The number of nitro benzene ring substituents is 1. The lowest BCUT2D eigenvalue weighted by Gasteiger charge is -2.07. The van der Waals surface area contributed by atoms with Gasteiger partial charge in [0.1, 0.15) is 5.82 Å². The maximum absolute atomic E-state index is 13.2. The molecule has 0 spiro atoms. The third kappa shape index (κ3) is 2.28. The second kappa shape index (κ2) is 4.60. The molecule has 2 N–H and O–H groups in total. The summed E-state index contributed by atoms with van der Waals surface area (Å²) in [5.41, 5.74) is -0.802. The molecule has 0 saturated carbocycles. The van der Waals surface area contributed by atoms with Crippen LogP contribution in [0.4, 0.5) is 10.1 Å². The maximum atomic E-state index is 13.2. The molecule has 0 bridgehead atoms. The summed E-state index contributed by atoms with van der Waals surface area (Å²) in [5, 5.41) is 28.4. The van der Waals surface area contributed by atoms with Gasteiger partial charge in [-0.3, -0.25) is 10.1 Å². The molecule has 1 aromatic rings. The number of halogens is 1. The van der Waals surface area contributed by atoms with Gasteiger partial charge in [0, 0.05) is 11.5 Å². The van der Waals surface area contributed by atoms with E-state index in [2.05, 4.69) is 0 Å². The quantitative estimate of drug-likeness (QED) is 0.334. The van der Waals surface area contributed by atoms with E-state index in [9.17, 15) is 14.5 Å². The summed E-state index contributed by atoms with van der Waals surface area (Å²) in [6.07, 6.45) is 1.49. The van der Waals surface area contributed by atoms with Gasteiger partial charge in [-0.25, -0.2) is 4.39 Å². The van der Waals surface area contributed by atoms with E-state index in [1.165, 1.54) is 6.26 Å². The van der Waals surface area contributed by atoms with Crippen molar-refractivity contribution in [3.05, 3.63) is 28.1 Å². The van der Waals surface area contributed by atoms with Crippen LogP contribution in [0.15, 0.2) is 17.0 Å². The molecule has 0 aliphatic carbocycles. The zero-order chi connectivity index (χ0) is 11.6. The smallest absolute Gasteiger partial charge is 0.423 e. The molecule has 5 nitrogen and oxygen atoms in total. The van der Waals surface area contributed by atoms with Gasteiger partial charge in [0.2, 0.25) is 0 Å². The SMILES string of the molecule is CSc1c([N+](=O)[O-])ccc(F)c1B(O)O. The zero-order valence-electron chi connectivity index (χ0n) is 7.68. The van der Waals surface area contributed by atoms with E-state index >= 15 is 0 Å². The van der Waals surface area contributed by atoms with Crippen LogP contribution in [0.2, 0.25) is 0 Å². The highest BCUT2D eigenvalue weighted by molar-refractivity contribution is 7.99. The Morgan fingerprint density at radius 3 is 2.53 bits per heavy atom. The normalized spacial score (nSPS) is 10.1. The van der Waals surface area contributed by atoms with Crippen molar-refractivity contribution in [2.24, 2.45) is 0 Å². The average molecular weight is 231 g/mol. The van der Waals surface area contributed by atoms with E-state index in [4.69, 9.17) is 10.0 Å². The molecule has 0 saturated heterocycles. The number of benzene rings is 1. The summed E-state index contributed by atoms with van der Waals surface area (Å²) in [7, 11) is -2.06. The number of hydrogen-bond acceptors (Lipinski definition) is 5. The second-order valence-electron chi connectivity index (χ2n) is 2.64. The van der Waals surface area contributed by atoms with Gasteiger partial charge in [0.25, 0.3) is 5.69 Å². The first-order valence-corrected chi connectivity index (χ1v) is 5.08. The Hall–Kier alpha value is -1.12. The minimum Gasteiger partial charge on any atom is -0.423 e. The molecule has 0 unspecified atom stereocenters. The fraction of sp³-hybridized carbons (Fsp3) is 0.143. The largest absolute Gasteiger partial charge is 0.492 e. The van der Waals surface area contributed by atoms with Crippen LogP contribution < -0.4 is 5.46 Å². The minimum atomic E-state index is -2.06. The van der Waals surface area contributed by atoms with Gasteiger partial charge in [-0.05, 0) is 12.3 Å². The van der Waals surface area contributed by atoms with Crippen molar-refractivity contribution in [1.82, 2.24) is 0 Å². The van der Waals surface area contributed by atoms with Crippen LogP contribution in [0.3, 0.4) is 0 Å². The number of rotatable bonds is 3. The fourth-order valence-corrected chi connectivity index (χ4v) is 1.94. The third-order valence-electron chi connectivity index (χ3n) is 1.78. The molecule has 0 radical (unpaired) electrons. The van der Waals surface area contributed by atoms with Crippen molar-refractivity contribution in [2.45, 2.75) is 4.90 Å². The number of nitro groups is 1. The first-order valence-electron chi connectivity index (χ1n) is 3.86. The van der Waals surface area contributed by atoms with E-state index in [0.717, 1.165) is 23.9 Å². The Kier molecular flexibility index (Phi) is 3.67. The van der Waals surface area contributed by atoms with Gasteiger partial charge in [-0.1, -0.05) is 0 Å². The van der Waals surface area contributed by atoms with Crippen LogP contribution in [0.1, 0.15) is 0 Å². The van der Waals surface area contributed by atoms with Gasteiger partial charge in [-0.2, -0.15) is 0 Å². The van der Waals surface area contributed by atoms with E-state index in [1.807, 2.05) is 0 Å². The summed E-state index contributed by atoms with van der Waals surface area (Å²) in [6, 6.07) is 1.83. The molecule has 8 heteroatoms.